The summed E-state index contributed by atoms with van der Waals surface area (Å²) in [6.07, 6.45) is 0. The number of nitrogens with one attached hydrogen (secondary N) is 1. The zero-order valence-electron chi connectivity index (χ0n) is 10.8. The maximum atomic E-state index is 13.2. The molecule has 18 heavy (non-hydrogen) atoms. The Morgan fingerprint density at radius 1 is 1.22 bits per heavy atom. The van der Waals surface area contributed by atoms with E-state index >= 15 is 0 Å². The highest BCUT2D eigenvalue weighted by atomic mass is 35.5. The van der Waals surface area contributed by atoms with Crippen molar-refractivity contribution in [2.24, 2.45) is 0 Å². The lowest BCUT2D eigenvalue weighted by Crippen LogP contribution is -2.44. The van der Waals surface area contributed by atoms with Crippen LogP contribution < -0.4 is 5.32 Å². The number of piperazine rings is 1. The number of hydrogen-bond acceptors (Lipinski definition) is 2. The highest BCUT2D eigenvalue weighted by Gasteiger charge is 2.18. The van der Waals surface area contributed by atoms with E-state index in [0.717, 1.165) is 31.7 Å². The molecule has 1 aromatic carbocycles. The highest BCUT2D eigenvalue weighted by molar-refractivity contribution is 5.85. The second kappa shape index (κ2) is 7.95. The fourth-order valence-corrected chi connectivity index (χ4v) is 2.21. The third kappa shape index (κ3) is 4.09. The van der Waals surface area contributed by atoms with Crippen molar-refractivity contribution in [3.63, 3.8) is 0 Å². The van der Waals surface area contributed by atoms with Crippen LogP contribution in [0.2, 0.25) is 0 Å². The Morgan fingerprint density at radius 2 is 1.83 bits per heavy atom. The largest absolute Gasteiger partial charge is 0.314 e. The molecule has 1 atom stereocenters. The standard InChI is InChI=1S/C13H19FN2.2ClH/c1-10-9-12(3-4-13(10)14)11(2)16-7-5-15-6-8-16;;/h3-4,9,11,15H,5-8H2,1-2H3;2*1H/t11-;;/m1../s1. The predicted molar refractivity (Wildman–Crippen MR) is 78.5 cm³/mol. The van der Waals surface area contributed by atoms with E-state index in [1.165, 1.54) is 5.56 Å². The highest BCUT2D eigenvalue weighted by Crippen LogP contribution is 2.22. The summed E-state index contributed by atoms with van der Waals surface area (Å²) in [4.78, 5) is 2.43. The van der Waals surface area contributed by atoms with Gasteiger partial charge in [-0.1, -0.05) is 12.1 Å². The molecule has 1 fully saturated rings. The lowest BCUT2D eigenvalue weighted by Gasteiger charge is -2.33. The van der Waals surface area contributed by atoms with Crippen LogP contribution in [0.1, 0.15) is 24.1 Å². The summed E-state index contributed by atoms with van der Waals surface area (Å²) in [5.74, 6) is -0.115. The molecule has 5 heteroatoms. The molecule has 0 saturated carbocycles. The molecular formula is C13H21Cl2FN2. The van der Waals surface area contributed by atoms with Gasteiger partial charge in [-0.3, -0.25) is 4.90 Å². The molecule has 104 valence electrons. The van der Waals surface area contributed by atoms with Gasteiger partial charge in [0.2, 0.25) is 0 Å². The molecule has 1 aliphatic heterocycles. The molecule has 0 bridgehead atoms. The Balaban J connectivity index is 0.00000144. The smallest absolute Gasteiger partial charge is 0.126 e. The normalized spacial score (nSPS) is 17.5. The number of halogens is 3. The van der Waals surface area contributed by atoms with Crippen molar-refractivity contribution in [3.8, 4) is 0 Å². The van der Waals surface area contributed by atoms with Crippen LogP contribution in [0.25, 0.3) is 0 Å². The summed E-state index contributed by atoms with van der Waals surface area (Å²) in [5, 5.41) is 3.34. The van der Waals surface area contributed by atoms with E-state index in [2.05, 4.69) is 17.1 Å². The Hall–Kier alpha value is -0.350. The second-order valence-corrected chi connectivity index (χ2v) is 4.47. The zero-order valence-corrected chi connectivity index (χ0v) is 12.4. The van der Waals surface area contributed by atoms with Gasteiger partial charge in [-0.25, -0.2) is 4.39 Å². The SMILES string of the molecule is Cc1cc([C@@H](C)N2CCNCC2)ccc1F.Cl.Cl. The van der Waals surface area contributed by atoms with Gasteiger partial charge in [0.25, 0.3) is 0 Å². The molecule has 2 nitrogen and oxygen atoms in total. The monoisotopic (exact) mass is 294 g/mol. The van der Waals surface area contributed by atoms with Gasteiger partial charge >= 0.3 is 0 Å². The minimum Gasteiger partial charge on any atom is -0.314 e. The summed E-state index contributed by atoms with van der Waals surface area (Å²) in [7, 11) is 0. The van der Waals surface area contributed by atoms with Gasteiger partial charge in [0.05, 0.1) is 0 Å². The lowest BCUT2D eigenvalue weighted by atomic mass is 10.0. The van der Waals surface area contributed by atoms with Crippen LogP contribution in [-0.2, 0) is 0 Å². The van der Waals surface area contributed by atoms with Crippen LogP contribution in [0.4, 0.5) is 4.39 Å². The average molecular weight is 295 g/mol. The minimum absolute atomic E-state index is 0. The van der Waals surface area contributed by atoms with E-state index in [1.807, 2.05) is 19.1 Å². The van der Waals surface area contributed by atoms with Gasteiger partial charge in [0, 0.05) is 32.2 Å². The van der Waals surface area contributed by atoms with Gasteiger partial charge in [-0.2, -0.15) is 0 Å². The Labute approximate surface area is 121 Å². The molecule has 0 amide bonds. The minimum atomic E-state index is -0.115. The number of hydrogen-bond donors (Lipinski definition) is 1. The molecule has 0 aromatic heterocycles. The fourth-order valence-electron chi connectivity index (χ4n) is 2.21. The number of rotatable bonds is 2. The number of nitrogens with zero attached hydrogens (tertiary/aromatic N) is 1. The first kappa shape index (κ1) is 17.6. The van der Waals surface area contributed by atoms with Crippen molar-refractivity contribution in [2.45, 2.75) is 19.9 Å². The van der Waals surface area contributed by atoms with Crippen molar-refractivity contribution in [1.82, 2.24) is 10.2 Å². The van der Waals surface area contributed by atoms with Gasteiger partial charge in [-0.15, -0.1) is 24.8 Å². The molecule has 2 rings (SSSR count). The first-order chi connectivity index (χ1) is 7.68. The summed E-state index contributed by atoms with van der Waals surface area (Å²) in [6.45, 7) is 8.24. The van der Waals surface area contributed by atoms with E-state index in [9.17, 15) is 4.39 Å². The maximum Gasteiger partial charge on any atom is 0.126 e. The molecule has 0 unspecified atom stereocenters. The predicted octanol–water partition coefficient (Wildman–Crippen LogP) is 2.94. The van der Waals surface area contributed by atoms with Crippen LogP contribution in [0.5, 0.6) is 0 Å². The van der Waals surface area contributed by atoms with Crippen molar-refractivity contribution >= 4 is 24.8 Å². The lowest BCUT2D eigenvalue weighted by molar-refractivity contribution is 0.185. The fraction of sp³-hybridized carbons (Fsp3) is 0.538. The van der Waals surface area contributed by atoms with Gasteiger partial charge in [0.15, 0.2) is 0 Å². The van der Waals surface area contributed by atoms with Crippen molar-refractivity contribution in [3.05, 3.63) is 35.1 Å². The van der Waals surface area contributed by atoms with E-state index in [-0.39, 0.29) is 30.6 Å². The first-order valence-corrected chi connectivity index (χ1v) is 5.89. The summed E-state index contributed by atoms with van der Waals surface area (Å²) < 4.78 is 13.2. The van der Waals surface area contributed by atoms with E-state index in [4.69, 9.17) is 0 Å². The number of aryl methyl sites for hydroxylation is 1. The molecule has 1 aliphatic rings. The van der Waals surface area contributed by atoms with Crippen LogP contribution in [0, 0.1) is 12.7 Å². The van der Waals surface area contributed by atoms with Crippen molar-refractivity contribution in [2.75, 3.05) is 26.2 Å². The first-order valence-electron chi connectivity index (χ1n) is 5.89. The topological polar surface area (TPSA) is 15.3 Å². The Bertz CT molecular complexity index is 368. The van der Waals surface area contributed by atoms with E-state index in [0.29, 0.717) is 6.04 Å². The van der Waals surface area contributed by atoms with Gasteiger partial charge in [-0.05, 0) is 31.0 Å². The Morgan fingerprint density at radius 3 is 2.39 bits per heavy atom. The third-order valence-corrected chi connectivity index (χ3v) is 3.36. The molecule has 0 radical (unpaired) electrons. The summed E-state index contributed by atoms with van der Waals surface area (Å²) in [5.41, 5.74) is 1.94. The summed E-state index contributed by atoms with van der Waals surface area (Å²) in [6, 6.07) is 5.81. The molecule has 1 N–H and O–H groups in total. The molecule has 0 spiro atoms. The molecule has 1 aromatic rings. The summed E-state index contributed by atoms with van der Waals surface area (Å²) >= 11 is 0. The van der Waals surface area contributed by atoms with Crippen molar-refractivity contribution < 1.29 is 4.39 Å². The molecular weight excluding hydrogens is 274 g/mol. The van der Waals surface area contributed by atoms with Crippen molar-refractivity contribution in [1.29, 1.82) is 0 Å². The zero-order chi connectivity index (χ0) is 11.5. The molecule has 1 saturated heterocycles. The number of benzene rings is 1. The maximum absolute atomic E-state index is 13.2. The second-order valence-electron chi connectivity index (χ2n) is 4.47. The Kier molecular flexibility index (Phi) is 7.79. The van der Waals surface area contributed by atoms with Crippen LogP contribution in [0.15, 0.2) is 18.2 Å². The average Bonchev–Trinajstić information content (AvgIpc) is 2.33. The van der Waals surface area contributed by atoms with E-state index in [1.54, 1.807) is 6.07 Å². The third-order valence-electron chi connectivity index (χ3n) is 3.36. The molecule has 0 aliphatic carbocycles. The van der Waals surface area contributed by atoms with Crippen LogP contribution in [-0.4, -0.2) is 31.1 Å². The van der Waals surface area contributed by atoms with Crippen LogP contribution in [0.3, 0.4) is 0 Å². The van der Waals surface area contributed by atoms with Gasteiger partial charge in [0.1, 0.15) is 5.82 Å². The van der Waals surface area contributed by atoms with Gasteiger partial charge < -0.3 is 5.32 Å². The molecule has 1 heterocycles. The van der Waals surface area contributed by atoms with E-state index < -0.39 is 0 Å². The quantitative estimate of drug-likeness (QED) is 0.902. The van der Waals surface area contributed by atoms with Crippen LogP contribution >= 0.6 is 24.8 Å².